The summed E-state index contributed by atoms with van der Waals surface area (Å²) in [5.74, 6) is 1.77. The van der Waals surface area contributed by atoms with E-state index in [0.717, 1.165) is 18.0 Å². The Morgan fingerprint density at radius 1 is 1.00 bits per heavy atom. The first-order valence-corrected chi connectivity index (χ1v) is 7.60. The van der Waals surface area contributed by atoms with Crippen molar-refractivity contribution < 1.29 is 9.47 Å². The predicted octanol–water partition coefficient (Wildman–Crippen LogP) is 3.23. The lowest BCUT2D eigenvalue weighted by Gasteiger charge is -2.22. The molecule has 0 fully saturated rings. The first-order chi connectivity index (χ1) is 10.4. The highest BCUT2D eigenvalue weighted by Crippen LogP contribution is 2.35. The highest BCUT2D eigenvalue weighted by molar-refractivity contribution is 5.47. The largest absolute Gasteiger partial charge is 0.486 e. The highest BCUT2D eigenvalue weighted by Gasteiger charge is 2.22. The maximum Gasteiger partial charge on any atom is 0.165 e. The molecule has 3 nitrogen and oxygen atoms in total. The zero-order valence-corrected chi connectivity index (χ0v) is 12.0. The molecule has 0 amide bonds. The molecule has 2 aromatic rings. The number of rotatable bonds is 3. The Kier molecular flexibility index (Phi) is 3.28. The first-order valence-electron chi connectivity index (χ1n) is 7.60. The van der Waals surface area contributed by atoms with Gasteiger partial charge in [0.1, 0.15) is 13.2 Å². The summed E-state index contributed by atoms with van der Waals surface area (Å²) in [5, 5.41) is 3.67. The average Bonchev–Trinajstić information content (AvgIpc) is 2.96. The van der Waals surface area contributed by atoms with Crippen LogP contribution in [-0.2, 0) is 13.0 Å². The number of para-hydroxylation sites is 1. The zero-order chi connectivity index (χ0) is 14.1. The SMILES string of the molecule is c1ccc2c(c1)CCC2NCc1cccc2c1OCCO2. The Bertz CT molecular complexity index is 653. The van der Waals surface area contributed by atoms with E-state index in [-0.39, 0.29) is 0 Å². The lowest BCUT2D eigenvalue weighted by atomic mass is 10.1. The number of aryl methyl sites for hydroxylation is 1. The molecule has 0 radical (unpaired) electrons. The van der Waals surface area contributed by atoms with Crippen LogP contribution >= 0.6 is 0 Å². The second kappa shape index (κ2) is 5.41. The monoisotopic (exact) mass is 281 g/mol. The summed E-state index contributed by atoms with van der Waals surface area (Å²) in [6.45, 7) is 2.09. The van der Waals surface area contributed by atoms with Gasteiger partial charge in [0.15, 0.2) is 11.5 Å². The number of hydrogen-bond acceptors (Lipinski definition) is 3. The molecule has 1 aliphatic carbocycles. The van der Waals surface area contributed by atoms with E-state index in [4.69, 9.17) is 9.47 Å². The summed E-state index contributed by atoms with van der Waals surface area (Å²) in [6, 6.07) is 15.3. The fourth-order valence-electron chi connectivity index (χ4n) is 3.28. The van der Waals surface area contributed by atoms with Crippen LogP contribution in [0, 0.1) is 0 Å². The topological polar surface area (TPSA) is 30.5 Å². The van der Waals surface area contributed by atoms with Crippen molar-refractivity contribution in [2.45, 2.75) is 25.4 Å². The minimum absolute atomic E-state index is 0.446. The van der Waals surface area contributed by atoms with Gasteiger partial charge in [-0.05, 0) is 30.0 Å². The summed E-state index contributed by atoms with van der Waals surface area (Å²) in [5.41, 5.74) is 4.10. The maximum atomic E-state index is 5.77. The van der Waals surface area contributed by atoms with E-state index in [1.165, 1.54) is 29.5 Å². The first kappa shape index (κ1) is 12.7. The van der Waals surface area contributed by atoms with Crippen molar-refractivity contribution in [1.82, 2.24) is 5.32 Å². The van der Waals surface area contributed by atoms with Crippen LogP contribution in [0.15, 0.2) is 42.5 Å². The molecule has 1 N–H and O–H groups in total. The molecule has 0 bridgehead atoms. The van der Waals surface area contributed by atoms with Crippen molar-refractivity contribution >= 4 is 0 Å². The van der Waals surface area contributed by atoms with Gasteiger partial charge in [-0.15, -0.1) is 0 Å². The number of nitrogens with one attached hydrogen (secondary N) is 1. The molecule has 1 unspecified atom stereocenters. The van der Waals surface area contributed by atoms with Crippen molar-refractivity contribution in [2.24, 2.45) is 0 Å². The molecule has 0 spiro atoms. The van der Waals surface area contributed by atoms with Gasteiger partial charge in [-0.25, -0.2) is 0 Å². The fourth-order valence-corrected chi connectivity index (χ4v) is 3.28. The van der Waals surface area contributed by atoms with Crippen molar-refractivity contribution in [1.29, 1.82) is 0 Å². The molecule has 2 aliphatic rings. The van der Waals surface area contributed by atoms with Gasteiger partial charge in [0.25, 0.3) is 0 Å². The molecule has 3 heteroatoms. The Balaban J connectivity index is 1.51. The highest BCUT2D eigenvalue weighted by atomic mass is 16.6. The van der Waals surface area contributed by atoms with Crippen LogP contribution in [0.3, 0.4) is 0 Å². The number of benzene rings is 2. The van der Waals surface area contributed by atoms with E-state index >= 15 is 0 Å². The van der Waals surface area contributed by atoms with Gasteiger partial charge >= 0.3 is 0 Å². The summed E-state index contributed by atoms with van der Waals surface area (Å²) in [7, 11) is 0. The third-order valence-corrected chi connectivity index (χ3v) is 4.32. The lowest BCUT2D eigenvalue weighted by Crippen LogP contribution is -2.21. The molecule has 108 valence electrons. The maximum absolute atomic E-state index is 5.77. The standard InChI is InChI=1S/C18H19NO2/c1-2-6-15-13(4-1)8-9-16(15)19-12-14-5-3-7-17-18(14)21-11-10-20-17/h1-7,16,19H,8-12H2. The predicted molar refractivity (Wildman–Crippen MR) is 81.8 cm³/mol. The van der Waals surface area contributed by atoms with E-state index in [1.807, 2.05) is 12.1 Å². The summed E-state index contributed by atoms with van der Waals surface area (Å²) in [4.78, 5) is 0. The van der Waals surface area contributed by atoms with Crippen LogP contribution in [0.2, 0.25) is 0 Å². The van der Waals surface area contributed by atoms with Crippen molar-refractivity contribution in [2.75, 3.05) is 13.2 Å². The van der Waals surface area contributed by atoms with Crippen LogP contribution in [-0.4, -0.2) is 13.2 Å². The second-order valence-corrected chi connectivity index (χ2v) is 5.61. The molecule has 0 saturated heterocycles. The van der Waals surface area contributed by atoms with Crippen LogP contribution in [0.25, 0.3) is 0 Å². The van der Waals surface area contributed by atoms with E-state index in [9.17, 15) is 0 Å². The Morgan fingerprint density at radius 2 is 1.90 bits per heavy atom. The Labute approximate surface area is 124 Å². The molecule has 1 aliphatic heterocycles. The molecule has 1 heterocycles. The molecule has 21 heavy (non-hydrogen) atoms. The quantitative estimate of drug-likeness (QED) is 0.937. The van der Waals surface area contributed by atoms with Crippen LogP contribution in [0.4, 0.5) is 0 Å². The van der Waals surface area contributed by atoms with E-state index < -0.39 is 0 Å². The summed E-state index contributed by atoms with van der Waals surface area (Å²) >= 11 is 0. The third kappa shape index (κ3) is 2.38. The minimum Gasteiger partial charge on any atom is -0.486 e. The normalized spacial score (nSPS) is 19.3. The van der Waals surface area contributed by atoms with E-state index in [1.54, 1.807) is 0 Å². The second-order valence-electron chi connectivity index (χ2n) is 5.61. The van der Waals surface area contributed by atoms with E-state index in [2.05, 4.69) is 35.6 Å². The Hall–Kier alpha value is -2.00. The van der Waals surface area contributed by atoms with Gasteiger partial charge in [-0.3, -0.25) is 0 Å². The molecule has 0 saturated carbocycles. The lowest BCUT2D eigenvalue weighted by molar-refractivity contribution is 0.169. The minimum atomic E-state index is 0.446. The smallest absolute Gasteiger partial charge is 0.165 e. The average molecular weight is 281 g/mol. The number of hydrogen-bond donors (Lipinski definition) is 1. The molecule has 1 atom stereocenters. The Morgan fingerprint density at radius 3 is 2.90 bits per heavy atom. The third-order valence-electron chi connectivity index (χ3n) is 4.32. The van der Waals surface area contributed by atoms with Gasteiger partial charge in [0.2, 0.25) is 0 Å². The van der Waals surface area contributed by atoms with Crippen LogP contribution in [0.1, 0.15) is 29.2 Å². The van der Waals surface area contributed by atoms with Gasteiger partial charge in [-0.1, -0.05) is 36.4 Å². The van der Waals surface area contributed by atoms with Gasteiger partial charge in [-0.2, -0.15) is 0 Å². The summed E-state index contributed by atoms with van der Waals surface area (Å²) < 4.78 is 11.4. The molecule has 0 aromatic heterocycles. The number of fused-ring (bicyclic) bond motifs is 2. The van der Waals surface area contributed by atoms with E-state index in [0.29, 0.717) is 19.3 Å². The van der Waals surface area contributed by atoms with Crippen LogP contribution in [0.5, 0.6) is 11.5 Å². The fraction of sp³-hybridized carbons (Fsp3) is 0.333. The molecular weight excluding hydrogens is 262 g/mol. The number of ether oxygens (including phenoxy) is 2. The van der Waals surface area contributed by atoms with Crippen molar-refractivity contribution in [3.8, 4) is 11.5 Å². The van der Waals surface area contributed by atoms with Crippen molar-refractivity contribution in [3.63, 3.8) is 0 Å². The summed E-state index contributed by atoms with van der Waals surface area (Å²) in [6.07, 6.45) is 2.34. The molecule has 4 rings (SSSR count). The van der Waals surface area contributed by atoms with Crippen LogP contribution < -0.4 is 14.8 Å². The van der Waals surface area contributed by atoms with Crippen molar-refractivity contribution in [3.05, 3.63) is 59.2 Å². The molecule has 2 aromatic carbocycles. The molecular formula is C18H19NO2. The van der Waals surface area contributed by atoms with Gasteiger partial charge in [0.05, 0.1) is 0 Å². The zero-order valence-electron chi connectivity index (χ0n) is 12.0. The van der Waals surface area contributed by atoms with Gasteiger partial charge in [0, 0.05) is 18.2 Å². The van der Waals surface area contributed by atoms with Gasteiger partial charge < -0.3 is 14.8 Å².